The summed E-state index contributed by atoms with van der Waals surface area (Å²) in [5, 5.41) is 3.26. The minimum absolute atomic E-state index is 0.900. The molecule has 0 aliphatic heterocycles. The highest BCUT2D eigenvalue weighted by Crippen LogP contribution is 2.23. The Bertz CT molecular complexity index is 674. The van der Waals surface area contributed by atoms with E-state index in [1.54, 1.807) is 23.7 Å². The summed E-state index contributed by atoms with van der Waals surface area (Å²) in [5.41, 5.74) is 4.77. The molecule has 0 radical (unpaired) electrons. The van der Waals surface area contributed by atoms with Gasteiger partial charge in [-0.1, -0.05) is 29.8 Å². The summed E-state index contributed by atoms with van der Waals surface area (Å²) in [7, 11) is 0. The number of aromatic nitrogens is 2. The summed E-state index contributed by atoms with van der Waals surface area (Å²) >= 11 is 1.71. The van der Waals surface area contributed by atoms with E-state index in [-0.39, 0.29) is 0 Å². The maximum Gasteiger partial charge on any atom is 0.0976 e. The van der Waals surface area contributed by atoms with Crippen LogP contribution in [0.3, 0.4) is 0 Å². The van der Waals surface area contributed by atoms with Gasteiger partial charge in [0.15, 0.2) is 0 Å². The monoisotopic (exact) mass is 266 g/mol. The topological polar surface area (TPSA) is 25.8 Å². The van der Waals surface area contributed by atoms with Crippen LogP contribution in [0.25, 0.3) is 11.3 Å². The van der Waals surface area contributed by atoms with Crippen molar-refractivity contribution < 1.29 is 0 Å². The number of thiazole rings is 1. The second kappa shape index (κ2) is 5.33. The molecule has 0 spiro atoms. The first-order valence-corrected chi connectivity index (χ1v) is 7.09. The quantitative estimate of drug-likeness (QED) is 0.713. The van der Waals surface area contributed by atoms with E-state index in [1.807, 2.05) is 12.1 Å². The molecule has 2 heterocycles. The van der Waals surface area contributed by atoms with E-state index < -0.39 is 0 Å². The zero-order valence-corrected chi connectivity index (χ0v) is 11.5. The van der Waals surface area contributed by atoms with Gasteiger partial charge in [0.05, 0.1) is 10.7 Å². The van der Waals surface area contributed by atoms with Crippen LogP contribution in [-0.4, -0.2) is 9.97 Å². The number of hydrogen-bond donors (Lipinski definition) is 0. The Hall–Kier alpha value is -2.00. The summed E-state index contributed by atoms with van der Waals surface area (Å²) in [6.45, 7) is 2.12. The fourth-order valence-electron chi connectivity index (χ4n) is 2.04. The van der Waals surface area contributed by atoms with Crippen LogP contribution >= 0.6 is 11.3 Å². The molecular formula is C16H14N2S. The van der Waals surface area contributed by atoms with Gasteiger partial charge in [0, 0.05) is 29.8 Å². The third-order valence-corrected chi connectivity index (χ3v) is 3.81. The van der Waals surface area contributed by atoms with Crippen molar-refractivity contribution in [1.29, 1.82) is 0 Å². The van der Waals surface area contributed by atoms with E-state index in [1.165, 1.54) is 11.1 Å². The summed E-state index contributed by atoms with van der Waals surface area (Å²) in [4.78, 5) is 8.73. The average Bonchev–Trinajstić information content (AvgIpc) is 2.88. The minimum Gasteiger partial charge on any atom is -0.265 e. The molecule has 0 aliphatic carbocycles. The van der Waals surface area contributed by atoms with Crippen molar-refractivity contribution in [3.8, 4) is 11.3 Å². The van der Waals surface area contributed by atoms with Crippen molar-refractivity contribution in [3.05, 3.63) is 70.3 Å². The zero-order valence-electron chi connectivity index (χ0n) is 10.7. The highest BCUT2D eigenvalue weighted by molar-refractivity contribution is 7.10. The molecule has 0 amide bonds. The standard InChI is InChI=1S/C16H14N2S/c1-12-3-2-4-13(9-12)10-16-18-15(11-19-16)14-5-7-17-8-6-14/h2-9,11H,10H2,1H3. The molecule has 0 N–H and O–H groups in total. The van der Waals surface area contributed by atoms with Crippen molar-refractivity contribution in [3.63, 3.8) is 0 Å². The lowest BCUT2D eigenvalue weighted by Gasteiger charge is -1.99. The predicted octanol–water partition coefficient (Wildman–Crippen LogP) is 4.10. The minimum atomic E-state index is 0.900. The summed E-state index contributed by atoms with van der Waals surface area (Å²) in [6, 6.07) is 12.6. The normalized spacial score (nSPS) is 10.6. The van der Waals surface area contributed by atoms with Crippen LogP contribution in [0, 0.1) is 6.92 Å². The number of nitrogens with zero attached hydrogens (tertiary/aromatic N) is 2. The Kier molecular flexibility index (Phi) is 3.38. The number of rotatable bonds is 3. The molecule has 3 aromatic rings. The largest absolute Gasteiger partial charge is 0.265 e. The third-order valence-electron chi connectivity index (χ3n) is 2.97. The molecule has 0 aliphatic rings. The molecule has 0 bridgehead atoms. The Labute approximate surface area is 116 Å². The molecule has 0 atom stereocenters. The van der Waals surface area contributed by atoms with Crippen LogP contribution in [-0.2, 0) is 6.42 Å². The Morgan fingerprint density at radius 2 is 1.95 bits per heavy atom. The van der Waals surface area contributed by atoms with E-state index in [2.05, 4.69) is 41.6 Å². The first-order valence-electron chi connectivity index (χ1n) is 6.21. The Morgan fingerprint density at radius 1 is 1.11 bits per heavy atom. The summed E-state index contributed by atoms with van der Waals surface area (Å²) in [5.74, 6) is 0. The van der Waals surface area contributed by atoms with Crippen LogP contribution in [0.5, 0.6) is 0 Å². The molecule has 2 aromatic heterocycles. The number of aryl methyl sites for hydroxylation is 1. The highest BCUT2D eigenvalue weighted by atomic mass is 32.1. The van der Waals surface area contributed by atoms with E-state index in [0.29, 0.717) is 0 Å². The van der Waals surface area contributed by atoms with Gasteiger partial charge >= 0.3 is 0 Å². The van der Waals surface area contributed by atoms with Crippen molar-refractivity contribution >= 4 is 11.3 Å². The molecule has 3 heteroatoms. The lowest BCUT2D eigenvalue weighted by atomic mass is 10.1. The fourth-order valence-corrected chi connectivity index (χ4v) is 2.88. The second-order valence-corrected chi connectivity index (χ2v) is 5.47. The second-order valence-electron chi connectivity index (χ2n) is 4.53. The first kappa shape index (κ1) is 12.1. The molecule has 0 unspecified atom stereocenters. The maximum absolute atomic E-state index is 4.70. The first-order chi connectivity index (χ1) is 9.31. The SMILES string of the molecule is Cc1cccc(Cc2nc(-c3ccncc3)cs2)c1. The predicted molar refractivity (Wildman–Crippen MR) is 79.3 cm³/mol. The molecule has 19 heavy (non-hydrogen) atoms. The lowest BCUT2D eigenvalue weighted by Crippen LogP contribution is -1.88. The average molecular weight is 266 g/mol. The number of pyridine rings is 1. The lowest BCUT2D eigenvalue weighted by molar-refractivity contribution is 1.13. The Morgan fingerprint density at radius 3 is 2.74 bits per heavy atom. The van der Waals surface area contributed by atoms with Crippen LogP contribution in [0.15, 0.2) is 54.2 Å². The molecule has 3 rings (SSSR count). The van der Waals surface area contributed by atoms with Gasteiger partial charge in [-0.3, -0.25) is 4.98 Å². The van der Waals surface area contributed by atoms with Gasteiger partial charge in [0.25, 0.3) is 0 Å². The maximum atomic E-state index is 4.70. The van der Waals surface area contributed by atoms with E-state index in [9.17, 15) is 0 Å². The molecule has 2 nitrogen and oxygen atoms in total. The third kappa shape index (κ3) is 2.88. The molecule has 0 saturated carbocycles. The van der Waals surface area contributed by atoms with Gasteiger partial charge in [0.2, 0.25) is 0 Å². The van der Waals surface area contributed by atoms with Gasteiger partial charge in [0.1, 0.15) is 0 Å². The fraction of sp³-hybridized carbons (Fsp3) is 0.125. The summed E-state index contributed by atoms with van der Waals surface area (Å²) < 4.78 is 0. The summed E-state index contributed by atoms with van der Waals surface area (Å²) in [6.07, 6.45) is 4.50. The van der Waals surface area contributed by atoms with E-state index >= 15 is 0 Å². The molecule has 94 valence electrons. The van der Waals surface area contributed by atoms with Crippen LogP contribution in [0.1, 0.15) is 16.1 Å². The Balaban J connectivity index is 1.82. The van der Waals surface area contributed by atoms with Crippen LogP contribution in [0.4, 0.5) is 0 Å². The van der Waals surface area contributed by atoms with Gasteiger partial charge in [-0.25, -0.2) is 4.98 Å². The van der Waals surface area contributed by atoms with E-state index in [0.717, 1.165) is 22.7 Å². The van der Waals surface area contributed by atoms with Gasteiger partial charge in [-0.05, 0) is 24.6 Å². The van der Waals surface area contributed by atoms with Crippen molar-refractivity contribution in [2.45, 2.75) is 13.3 Å². The van der Waals surface area contributed by atoms with Crippen LogP contribution in [0.2, 0.25) is 0 Å². The van der Waals surface area contributed by atoms with E-state index in [4.69, 9.17) is 4.98 Å². The van der Waals surface area contributed by atoms with Crippen molar-refractivity contribution in [2.75, 3.05) is 0 Å². The molecule has 0 saturated heterocycles. The zero-order chi connectivity index (χ0) is 13.1. The van der Waals surface area contributed by atoms with Crippen molar-refractivity contribution in [2.24, 2.45) is 0 Å². The van der Waals surface area contributed by atoms with Gasteiger partial charge in [-0.15, -0.1) is 11.3 Å². The molecule has 1 aromatic carbocycles. The number of hydrogen-bond acceptors (Lipinski definition) is 3. The van der Waals surface area contributed by atoms with Crippen LogP contribution < -0.4 is 0 Å². The highest BCUT2D eigenvalue weighted by Gasteiger charge is 2.05. The smallest absolute Gasteiger partial charge is 0.0976 e. The molecular weight excluding hydrogens is 252 g/mol. The van der Waals surface area contributed by atoms with Crippen molar-refractivity contribution in [1.82, 2.24) is 9.97 Å². The number of benzene rings is 1. The van der Waals surface area contributed by atoms with Gasteiger partial charge < -0.3 is 0 Å². The molecule has 0 fully saturated rings. The van der Waals surface area contributed by atoms with Gasteiger partial charge in [-0.2, -0.15) is 0 Å².